The third kappa shape index (κ3) is 5.81. The van der Waals surface area contributed by atoms with Crippen LogP contribution in [0.1, 0.15) is 26.7 Å². The second-order valence-corrected chi connectivity index (χ2v) is 7.59. The summed E-state index contributed by atoms with van der Waals surface area (Å²) < 4.78 is 35.9. The van der Waals surface area contributed by atoms with E-state index in [1.54, 1.807) is 18.2 Å². The third-order valence-electron chi connectivity index (χ3n) is 4.03. The van der Waals surface area contributed by atoms with E-state index >= 15 is 0 Å². The van der Waals surface area contributed by atoms with E-state index in [1.165, 1.54) is 18.5 Å². The predicted molar refractivity (Wildman–Crippen MR) is 98.8 cm³/mol. The number of anilines is 1. The van der Waals surface area contributed by atoms with Gasteiger partial charge < -0.3 is 14.8 Å². The first-order chi connectivity index (χ1) is 11.8. The van der Waals surface area contributed by atoms with Crippen molar-refractivity contribution in [1.29, 1.82) is 0 Å². The number of benzene rings is 1. The van der Waals surface area contributed by atoms with Gasteiger partial charge in [0.1, 0.15) is 0 Å². The zero-order valence-corrected chi connectivity index (χ0v) is 16.4. The molecular formula is C17H28N2O5S. The summed E-state index contributed by atoms with van der Waals surface area (Å²) in [5, 5.41) is 2.81. The van der Waals surface area contributed by atoms with Crippen molar-refractivity contribution in [3.63, 3.8) is 0 Å². The molecule has 0 fully saturated rings. The van der Waals surface area contributed by atoms with Crippen molar-refractivity contribution in [3.05, 3.63) is 18.2 Å². The lowest BCUT2D eigenvalue weighted by Gasteiger charge is -2.24. The largest absolute Gasteiger partial charge is 0.493 e. The van der Waals surface area contributed by atoms with E-state index < -0.39 is 10.0 Å². The molecule has 1 N–H and O–H groups in total. The van der Waals surface area contributed by atoms with Crippen molar-refractivity contribution in [2.24, 2.45) is 5.92 Å². The van der Waals surface area contributed by atoms with Gasteiger partial charge in [0, 0.05) is 18.5 Å². The number of carbonyl (C=O) groups is 1. The Morgan fingerprint density at radius 1 is 1.16 bits per heavy atom. The Hall–Kier alpha value is -1.96. The lowest BCUT2D eigenvalue weighted by atomic mass is 10.0. The van der Waals surface area contributed by atoms with Crippen molar-refractivity contribution in [1.82, 2.24) is 5.32 Å². The van der Waals surface area contributed by atoms with Crippen molar-refractivity contribution >= 4 is 21.6 Å². The molecule has 142 valence electrons. The van der Waals surface area contributed by atoms with Crippen molar-refractivity contribution in [2.45, 2.75) is 26.7 Å². The van der Waals surface area contributed by atoms with E-state index in [2.05, 4.69) is 5.32 Å². The van der Waals surface area contributed by atoms with Gasteiger partial charge in [0.25, 0.3) is 0 Å². The highest BCUT2D eigenvalue weighted by Crippen LogP contribution is 2.32. The van der Waals surface area contributed by atoms with Gasteiger partial charge in [0.15, 0.2) is 11.5 Å². The Morgan fingerprint density at radius 2 is 1.76 bits per heavy atom. The first-order valence-corrected chi connectivity index (χ1v) is 10.1. The van der Waals surface area contributed by atoms with Gasteiger partial charge in [-0.25, -0.2) is 8.42 Å². The maximum absolute atomic E-state index is 12.1. The zero-order valence-electron chi connectivity index (χ0n) is 15.5. The van der Waals surface area contributed by atoms with Crippen LogP contribution in [0.5, 0.6) is 11.5 Å². The van der Waals surface area contributed by atoms with Crippen LogP contribution < -0.4 is 19.1 Å². The number of nitrogens with one attached hydrogen (secondary N) is 1. The van der Waals surface area contributed by atoms with Crippen LogP contribution in [0.3, 0.4) is 0 Å². The maximum atomic E-state index is 12.1. The fourth-order valence-corrected chi connectivity index (χ4v) is 3.47. The topological polar surface area (TPSA) is 84.9 Å². The average Bonchev–Trinajstić information content (AvgIpc) is 2.58. The number of methoxy groups -OCH3 is 2. The van der Waals surface area contributed by atoms with Gasteiger partial charge in [-0.3, -0.25) is 9.10 Å². The molecule has 7 nitrogen and oxygen atoms in total. The standard InChI is InChI=1S/C17H28N2O5S/c1-6-13(7-2)17(20)18-10-11-19(25(5,21)22)14-8-9-15(23-3)16(12-14)24-4/h8-9,12-13H,6-7,10-11H2,1-5H3,(H,18,20). The number of carbonyl (C=O) groups excluding carboxylic acids is 1. The Bertz CT molecular complexity index is 672. The van der Waals surface area contributed by atoms with Crippen molar-refractivity contribution in [2.75, 3.05) is 37.9 Å². The van der Waals surface area contributed by atoms with E-state index in [0.29, 0.717) is 17.2 Å². The molecule has 0 radical (unpaired) electrons. The summed E-state index contributed by atoms with van der Waals surface area (Å²) in [5.41, 5.74) is 0.455. The van der Waals surface area contributed by atoms with Crippen molar-refractivity contribution < 1.29 is 22.7 Å². The Kier molecular flexibility index (Phi) is 8.02. The molecule has 25 heavy (non-hydrogen) atoms. The molecule has 1 aromatic rings. The molecule has 8 heteroatoms. The smallest absolute Gasteiger partial charge is 0.232 e. The summed E-state index contributed by atoms with van der Waals surface area (Å²) in [6.45, 7) is 4.29. The lowest BCUT2D eigenvalue weighted by molar-refractivity contribution is -0.125. The molecule has 0 aliphatic rings. The molecule has 0 spiro atoms. The van der Waals surface area contributed by atoms with Crippen molar-refractivity contribution in [3.8, 4) is 11.5 Å². The molecule has 0 aliphatic carbocycles. The number of ether oxygens (including phenoxy) is 2. The summed E-state index contributed by atoms with van der Waals surface area (Å²) in [7, 11) is -0.505. The van der Waals surface area contributed by atoms with Gasteiger partial charge in [-0.05, 0) is 25.0 Å². The van der Waals surface area contributed by atoms with E-state index in [9.17, 15) is 13.2 Å². The monoisotopic (exact) mass is 372 g/mol. The molecule has 0 unspecified atom stereocenters. The van der Waals surface area contributed by atoms with Crippen LogP contribution in [0.25, 0.3) is 0 Å². The Balaban J connectivity index is 2.92. The van der Waals surface area contributed by atoms with Crippen LogP contribution >= 0.6 is 0 Å². The number of sulfonamides is 1. The molecule has 1 amide bonds. The predicted octanol–water partition coefficient (Wildman–Crippen LogP) is 2.02. The van der Waals surface area contributed by atoms with Crippen LogP contribution in [0.2, 0.25) is 0 Å². The summed E-state index contributed by atoms with van der Waals surface area (Å²) in [6.07, 6.45) is 2.65. The maximum Gasteiger partial charge on any atom is 0.232 e. The minimum Gasteiger partial charge on any atom is -0.493 e. The summed E-state index contributed by atoms with van der Waals surface area (Å²) >= 11 is 0. The van der Waals surface area contributed by atoms with Gasteiger partial charge in [0.2, 0.25) is 15.9 Å². The Morgan fingerprint density at radius 3 is 2.24 bits per heavy atom. The highest BCUT2D eigenvalue weighted by Gasteiger charge is 2.20. The lowest BCUT2D eigenvalue weighted by Crippen LogP contribution is -2.39. The van der Waals surface area contributed by atoms with Gasteiger partial charge in [0.05, 0.1) is 32.7 Å². The normalized spacial score (nSPS) is 11.3. The van der Waals surface area contributed by atoms with E-state index in [0.717, 1.165) is 19.1 Å². The molecule has 0 aliphatic heterocycles. The second-order valence-electron chi connectivity index (χ2n) is 5.68. The minimum absolute atomic E-state index is 0.0484. The second kappa shape index (κ2) is 9.50. The van der Waals surface area contributed by atoms with E-state index in [-0.39, 0.29) is 24.9 Å². The molecule has 0 aromatic heterocycles. The SMILES string of the molecule is CCC(CC)C(=O)NCCN(c1ccc(OC)c(OC)c1)S(C)(=O)=O. The number of hydrogen-bond acceptors (Lipinski definition) is 5. The number of amides is 1. The average molecular weight is 372 g/mol. The molecule has 0 atom stereocenters. The zero-order chi connectivity index (χ0) is 19.0. The number of hydrogen-bond donors (Lipinski definition) is 1. The Labute approximate surface area is 150 Å². The molecule has 0 heterocycles. The molecular weight excluding hydrogens is 344 g/mol. The first kappa shape index (κ1) is 21.1. The molecule has 1 aromatic carbocycles. The third-order valence-corrected chi connectivity index (χ3v) is 5.22. The summed E-state index contributed by atoms with van der Waals surface area (Å²) in [6, 6.07) is 4.89. The van der Waals surface area contributed by atoms with Crippen LogP contribution in [0, 0.1) is 5.92 Å². The van der Waals surface area contributed by atoms with Crippen LogP contribution in [-0.4, -0.2) is 47.9 Å². The van der Waals surface area contributed by atoms with Gasteiger partial charge >= 0.3 is 0 Å². The summed E-state index contributed by atoms with van der Waals surface area (Å²) in [4.78, 5) is 12.0. The molecule has 0 saturated heterocycles. The van der Waals surface area contributed by atoms with E-state index in [1.807, 2.05) is 13.8 Å². The fraction of sp³-hybridized carbons (Fsp3) is 0.588. The van der Waals surface area contributed by atoms with Crippen LogP contribution in [0.4, 0.5) is 5.69 Å². The summed E-state index contributed by atoms with van der Waals surface area (Å²) in [5.74, 6) is 0.856. The van der Waals surface area contributed by atoms with Gasteiger partial charge in [-0.1, -0.05) is 13.8 Å². The number of rotatable bonds is 10. The van der Waals surface area contributed by atoms with Crippen LogP contribution in [-0.2, 0) is 14.8 Å². The minimum atomic E-state index is -3.51. The molecule has 0 saturated carbocycles. The molecule has 0 bridgehead atoms. The van der Waals surface area contributed by atoms with E-state index in [4.69, 9.17) is 9.47 Å². The highest BCUT2D eigenvalue weighted by molar-refractivity contribution is 7.92. The van der Waals surface area contributed by atoms with Gasteiger partial charge in [-0.2, -0.15) is 0 Å². The quantitative estimate of drug-likeness (QED) is 0.679. The molecule has 1 rings (SSSR count). The van der Waals surface area contributed by atoms with Crippen LogP contribution in [0.15, 0.2) is 18.2 Å². The fourth-order valence-electron chi connectivity index (χ4n) is 2.55. The number of nitrogens with zero attached hydrogens (tertiary/aromatic N) is 1. The highest BCUT2D eigenvalue weighted by atomic mass is 32.2. The first-order valence-electron chi connectivity index (χ1n) is 8.25. The van der Waals surface area contributed by atoms with Gasteiger partial charge in [-0.15, -0.1) is 0 Å².